The summed E-state index contributed by atoms with van der Waals surface area (Å²) in [6.45, 7) is 9.15. The van der Waals surface area contributed by atoms with Crippen LogP contribution in [0.4, 0.5) is 0 Å². The number of carbonyl (C=O) groups excluding carboxylic acids is 1. The molecule has 0 aromatic rings. The summed E-state index contributed by atoms with van der Waals surface area (Å²) in [5.74, 6) is 0.104. The van der Waals surface area contributed by atoms with E-state index in [0.717, 1.165) is 0 Å². The molecular formula is C11H24N2O2. The van der Waals surface area contributed by atoms with Crippen molar-refractivity contribution < 1.29 is 9.90 Å². The van der Waals surface area contributed by atoms with Crippen LogP contribution in [0.5, 0.6) is 0 Å². The maximum Gasteiger partial charge on any atom is 0.236 e. The highest BCUT2D eigenvalue weighted by molar-refractivity contribution is 5.78. The largest absolute Gasteiger partial charge is 0.396 e. The molecule has 0 atom stereocenters. The molecule has 4 heteroatoms. The van der Waals surface area contributed by atoms with Gasteiger partial charge in [-0.05, 0) is 20.3 Å². The van der Waals surface area contributed by atoms with Gasteiger partial charge in [-0.1, -0.05) is 13.8 Å². The standard InChI is InChI=1S/C11H24N2O2/c1-9(2)12-8-11(15)13(10(3)4)6-5-7-14/h9-10,12,14H,5-8H2,1-4H3. The first kappa shape index (κ1) is 14.4. The summed E-state index contributed by atoms with van der Waals surface area (Å²) >= 11 is 0. The van der Waals surface area contributed by atoms with Crippen LogP contribution >= 0.6 is 0 Å². The van der Waals surface area contributed by atoms with Crippen LogP contribution in [0, 0.1) is 0 Å². The first-order valence-electron chi connectivity index (χ1n) is 5.62. The quantitative estimate of drug-likeness (QED) is 0.655. The third-order valence-corrected chi connectivity index (χ3v) is 2.16. The Morgan fingerprint density at radius 3 is 2.33 bits per heavy atom. The highest BCUT2D eigenvalue weighted by atomic mass is 16.3. The molecule has 90 valence electrons. The molecule has 0 aromatic heterocycles. The minimum atomic E-state index is 0.104. The number of hydrogen-bond acceptors (Lipinski definition) is 3. The lowest BCUT2D eigenvalue weighted by Gasteiger charge is -2.27. The molecule has 0 rings (SSSR count). The average Bonchev–Trinajstić information content (AvgIpc) is 2.14. The molecule has 2 N–H and O–H groups in total. The number of hydrogen-bond donors (Lipinski definition) is 2. The molecule has 0 aliphatic carbocycles. The number of aliphatic hydroxyl groups is 1. The number of carbonyl (C=O) groups is 1. The highest BCUT2D eigenvalue weighted by Crippen LogP contribution is 2.00. The summed E-state index contributed by atoms with van der Waals surface area (Å²) in [7, 11) is 0. The molecule has 1 amide bonds. The van der Waals surface area contributed by atoms with E-state index in [1.165, 1.54) is 0 Å². The Kier molecular flexibility index (Phi) is 7.34. The predicted octanol–water partition coefficient (Wildman–Crippen LogP) is 0.604. The molecule has 0 saturated heterocycles. The summed E-state index contributed by atoms with van der Waals surface area (Å²) in [4.78, 5) is 13.6. The topological polar surface area (TPSA) is 52.6 Å². The van der Waals surface area contributed by atoms with Crippen molar-refractivity contribution >= 4 is 5.91 Å². The van der Waals surface area contributed by atoms with Gasteiger partial charge in [0.05, 0.1) is 6.54 Å². The first-order chi connectivity index (χ1) is 6.99. The molecular weight excluding hydrogens is 192 g/mol. The number of nitrogens with one attached hydrogen (secondary N) is 1. The van der Waals surface area contributed by atoms with Crippen LogP contribution in [0.15, 0.2) is 0 Å². The molecule has 0 aliphatic rings. The Bertz CT molecular complexity index is 181. The van der Waals surface area contributed by atoms with Gasteiger partial charge in [0.1, 0.15) is 0 Å². The molecule has 0 spiro atoms. The molecule has 15 heavy (non-hydrogen) atoms. The minimum absolute atomic E-state index is 0.104. The van der Waals surface area contributed by atoms with Gasteiger partial charge in [0, 0.05) is 25.2 Å². The van der Waals surface area contributed by atoms with Gasteiger partial charge in [-0.3, -0.25) is 4.79 Å². The number of amides is 1. The van der Waals surface area contributed by atoms with Crippen molar-refractivity contribution in [3.8, 4) is 0 Å². The summed E-state index contributed by atoms with van der Waals surface area (Å²) in [5, 5.41) is 11.8. The van der Waals surface area contributed by atoms with Gasteiger partial charge in [0.15, 0.2) is 0 Å². The van der Waals surface area contributed by atoms with Crippen molar-refractivity contribution in [1.82, 2.24) is 10.2 Å². The van der Waals surface area contributed by atoms with E-state index in [9.17, 15) is 4.79 Å². The Labute approximate surface area is 92.7 Å². The molecule has 0 saturated carbocycles. The van der Waals surface area contributed by atoms with E-state index in [2.05, 4.69) is 5.32 Å². The monoisotopic (exact) mass is 216 g/mol. The van der Waals surface area contributed by atoms with Crippen LogP contribution in [0.25, 0.3) is 0 Å². The van der Waals surface area contributed by atoms with Gasteiger partial charge in [-0.25, -0.2) is 0 Å². The van der Waals surface area contributed by atoms with E-state index in [1.54, 1.807) is 4.90 Å². The average molecular weight is 216 g/mol. The van der Waals surface area contributed by atoms with Gasteiger partial charge in [0.2, 0.25) is 5.91 Å². The van der Waals surface area contributed by atoms with E-state index < -0.39 is 0 Å². The fourth-order valence-electron chi connectivity index (χ4n) is 1.30. The van der Waals surface area contributed by atoms with Gasteiger partial charge in [0.25, 0.3) is 0 Å². The smallest absolute Gasteiger partial charge is 0.236 e. The molecule has 0 heterocycles. The second kappa shape index (κ2) is 7.65. The Morgan fingerprint density at radius 2 is 1.93 bits per heavy atom. The molecule has 0 aromatic carbocycles. The molecule has 0 radical (unpaired) electrons. The maximum absolute atomic E-state index is 11.8. The fraction of sp³-hybridized carbons (Fsp3) is 0.909. The lowest BCUT2D eigenvalue weighted by atomic mass is 10.2. The van der Waals surface area contributed by atoms with Crippen LogP contribution in [-0.2, 0) is 4.79 Å². The van der Waals surface area contributed by atoms with Crippen LogP contribution in [-0.4, -0.2) is 47.7 Å². The zero-order chi connectivity index (χ0) is 11.8. The van der Waals surface area contributed by atoms with Crippen molar-refractivity contribution in [3.63, 3.8) is 0 Å². The van der Waals surface area contributed by atoms with Crippen LogP contribution < -0.4 is 5.32 Å². The Balaban J connectivity index is 4.05. The van der Waals surface area contributed by atoms with Crippen LogP contribution in [0.1, 0.15) is 34.1 Å². The van der Waals surface area contributed by atoms with Crippen molar-refractivity contribution in [2.75, 3.05) is 19.7 Å². The highest BCUT2D eigenvalue weighted by Gasteiger charge is 2.15. The number of rotatable bonds is 7. The number of nitrogens with zero attached hydrogens (tertiary/aromatic N) is 1. The maximum atomic E-state index is 11.8. The van der Waals surface area contributed by atoms with Crippen molar-refractivity contribution in [3.05, 3.63) is 0 Å². The van der Waals surface area contributed by atoms with Crippen molar-refractivity contribution in [2.45, 2.75) is 46.2 Å². The predicted molar refractivity (Wildman–Crippen MR) is 61.7 cm³/mol. The lowest BCUT2D eigenvalue weighted by molar-refractivity contribution is -0.132. The Hall–Kier alpha value is -0.610. The minimum Gasteiger partial charge on any atom is -0.396 e. The number of aliphatic hydroxyl groups excluding tert-OH is 1. The lowest BCUT2D eigenvalue weighted by Crippen LogP contribution is -2.44. The molecule has 0 bridgehead atoms. The van der Waals surface area contributed by atoms with Gasteiger partial charge in [-0.2, -0.15) is 0 Å². The zero-order valence-electron chi connectivity index (χ0n) is 10.3. The second-order valence-electron chi connectivity index (χ2n) is 4.29. The fourth-order valence-corrected chi connectivity index (χ4v) is 1.30. The third kappa shape index (κ3) is 6.47. The SMILES string of the molecule is CC(C)NCC(=O)N(CCCO)C(C)C. The van der Waals surface area contributed by atoms with E-state index in [0.29, 0.717) is 25.6 Å². The zero-order valence-corrected chi connectivity index (χ0v) is 10.3. The van der Waals surface area contributed by atoms with Crippen molar-refractivity contribution in [1.29, 1.82) is 0 Å². The second-order valence-corrected chi connectivity index (χ2v) is 4.29. The summed E-state index contributed by atoms with van der Waals surface area (Å²) in [5.41, 5.74) is 0. The van der Waals surface area contributed by atoms with E-state index in [-0.39, 0.29) is 18.6 Å². The van der Waals surface area contributed by atoms with Gasteiger partial charge < -0.3 is 15.3 Å². The van der Waals surface area contributed by atoms with E-state index in [1.807, 2.05) is 27.7 Å². The molecule has 4 nitrogen and oxygen atoms in total. The van der Waals surface area contributed by atoms with Gasteiger partial charge in [-0.15, -0.1) is 0 Å². The van der Waals surface area contributed by atoms with Gasteiger partial charge >= 0.3 is 0 Å². The summed E-state index contributed by atoms with van der Waals surface area (Å²) in [6.07, 6.45) is 0.644. The Morgan fingerprint density at radius 1 is 1.33 bits per heavy atom. The van der Waals surface area contributed by atoms with Crippen LogP contribution in [0.2, 0.25) is 0 Å². The van der Waals surface area contributed by atoms with Crippen molar-refractivity contribution in [2.24, 2.45) is 0 Å². The van der Waals surface area contributed by atoms with E-state index in [4.69, 9.17) is 5.11 Å². The molecule has 0 aliphatic heterocycles. The first-order valence-corrected chi connectivity index (χ1v) is 5.62. The molecule has 0 unspecified atom stereocenters. The normalized spacial score (nSPS) is 11.1. The third-order valence-electron chi connectivity index (χ3n) is 2.16. The summed E-state index contributed by atoms with van der Waals surface area (Å²) < 4.78 is 0. The summed E-state index contributed by atoms with van der Waals surface area (Å²) in [6, 6.07) is 0.513. The van der Waals surface area contributed by atoms with E-state index >= 15 is 0 Å². The molecule has 0 fully saturated rings. The van der Waals surface area contributed by atoms with Crippen LogP contribution in [0.3, 0.4) is 0 Å².